The van der Waals surface area contributed by atoms with Crippen LogP contribution in [0.2, 0.25) is 5.02 Å². The molecule has 7 heterocycles. The number of hydrogen-bond donors (Lipinski definition) is 1. The van der Waals surface area contributed by atoms with Gasteiger partial charge in [0, 0.05) is 99.3 Å². The summed E-state index contributed by atoms with van der Waals surface area (Å²) in [4.78, 5) is 38.8. The van der Waals surface area contributed by atoms with Gasteiger partial charge in [-0.25, -0.2) is 13.8 Å². The molecule has 5 aromatic rings. The Morgan fingerprint density at radius 2 is 1.76 bits per heavy atom. The molecule has 3 aromatic heterocycles. The quantitative estimate of drug-likeness (QED) is 0.135. The summed E-state index contributed by atoms with van der Waals surface area (Å²) in [5.41, 5.74) is 4.76. The normalized spacial score (nSPS) is 20.5. The van der Waals surface area contributed by atoms with Gasteiger partial charge in [-0.05, 0) is 112 Å². The molecular formula is C50H56ClF2N11O4. The SMILES string of the molecule is CC(=O)N1CCc2c(c(N3CCCc4cc(-c5ncco5)c(C(F)F)cc43)nn2C2CCN(CC3CCN(c4ccc(C(=O)NC5CCC(Oc6ccc(C#N)c(Cl)c6)CC5)nn4)CC3)CC2)C1. The Hall–Kier alpha value is -6.12. The van der Waals surface area contributed by atoms with E-state index in [4.69, 9.17) is 31.1 Å². The van der Waals surface area contributed by atoms with Gasteiger partial charge in [-0.1, -0.05) is 11.6 Å². The van der Waals surface area contributed by atoms with Gasteiger partial charge in [0.2, 0.25) is 11.8 Å². The van der Waals surface area contributed by atoms with Crippen LogP contribution < -0.4 is 19.9 Å². The molecule has 1 aliphatic carbocycles. The van der Waals surface area contributed by atoms with Crippen molar-refractivity contribution >= 4 is 40.7 Å². The Labute approximate surface area is 399 Å². The second-order valence-electron chi connectivity index (χ2n) is 18.9. The minimum Gasteiger partial charge on any atom is -0.490 e. The van der Waals surface area contributed by atoms with E-state index in [1.54, 1.807) is 43.3 Å². The number of aromatic nitrogens is 5. The number of carbonyl (C=O) groups excluding carboxylic acids is 2. The maximum Gasteiger partial charge on any atom is 0.272 e. The summed E-state index contributed by atoms with van der Waals surface area (Å²) in [7, 11) is 0. The summed E-state index contributed by atoms with van der Waals surface area (Å²) in [6.07, 6.45) is 9.59. The molecule has 0 radical (unpaired) electrons. The average Bonchev–Trinajstić information content (AvgIpc) is 4.04. The number of rotatable bonds is 11. The van der Waals surface area contributed by atoms with E-state index in [0.29, 0.717) is 59.6 Å². The zero-order valence-electron chi connectivity index (χ0n) is 38.3. The van der Waals surface area contributed by atoms with Crippen LogP contribution in [-0.2, 0) is 24.2 Å². The molecule has 2 saturated heterocycles. The highest BCUT2D eigenvalue weighted by molar-refractivity contribution is 6.31. The Morgan fingerprint density at radius 1 is 0.956 bits per heavy atom. The van der Waals surface area contributed by atoms with E-state index in [-0.39, 0.29) is 41.5 Å². The zero-order valence-corrected chi connectivity index (χ0v) is 39.0. The van der Waals surface area contributed by atoms with Crippen molar-refractivity contribution in [3.63, 3.8) is 0 Å². The third kappa shape index (κ3) is 9.62. The summed E-state index contributed by atoms with van der Waals surface area (Å²) in [6, 6.07) is 14.5. The van der Waals surface area contributed by atoms with Crippen molar-refractivity contribution < 1.29 is 27.5 Å². The molecule has 3 fully saturated rings. The van der Waals surface area contributed by atoms with Gasteiger partial charge in [0.1, 0.15) is 18.1 Å². The van der Waals surface area contributed by atoms with Crippen LogP contribution in [0.15, 0.2) is 59.3 Å². The van der Waals surface area contributed by atoms with Crippen LogP contribution in [0, 0.1) is 17.2 Å². The molecule has 0 bridgehead atoms. The number of ether oxygens (including phenoxy) is 1. The first kappa shape index (κ1) is 45.7. The third-order valence-corrected chi connectivity index (χ3v) is 15.0. The monoisotopic (exact) mass is 947 g/mol. The second kappa shape index (κ2) is 19.8. The number of anilines is 3. The van der Waals surface area contributed by atoms with Crippen molar-refractivity contribution in [1.29, 1.82) is 5.26 Å². The minimum absolute atomic E-state index is 0.0145. The van der Waals surface area contributed by atoms with Crippen molar-refractivity contribution in [2.45, 2.75) is 109 Å². The number of aryl methyl sites for hydroxylation is 1. The molecule has 0 atom stereocenters. The predicted octanol–water partition coefficient (Wildman–Crippen LogP) is 8.45. The lowest BCUT2D eigenvalue weighted by Gasteiger charge is -2.38. The number of benzene rings is 2. The fourth-order valence-electron chi connectivity index (χ4n) is 10.9. The maximum absolute atomic E-state index is 14.6. The fourth-order valence-corrected chi connectivity index (χ4v) is 11.1. The number of oxazole rings is 1. The minimum atomic E-state index is -2.72. The number of nitrogens with one attached hydrogen (secondary N) is 1. The highest BCUT2D eigenvalue weighted by Gasteiger charge is 2.36. The lowest BCUT2D eigenvalue weighted by molar-refractivity contribution is -0.129. The molecule has 356 valence electrons. The van der Waals surface area contributed by atoms with Gasteiger partial charge in [0.05, 0.1) is 35.5 Å². The largest absolute Gasteiger partial charge is 0.490 e. The Bertz CT molecular complexity index is 2650. The molecule has 1 saturated carbocycles. The molecule has 68 heavy (non-hydrogen) atoms. The van der Waals surface area contributed by atoms with Crippen molar-refractivity contribution in [2.24, 2.45) is 5.92 Å². The molecule has 15 nitrogen and oxygen atoms in total. The third-order valence-electron chi connectivity index (χ3n) is 14.6. The molecular weight excluding hydrogens is 892 g/mol. The van der Waals surface area contributed by atoms with Crippen LogP contribution in [0.5, 0.6) is 5.75 Å². The number of piperidine rings is 2. The van der Waals surface area contributed by atoms with Gasteiger partial charge in [0.15, 0.2) is 17.3 Å². The molecule has 0 unspecified atom stereocenters. The van der Waals surface area contributed by atoms with E-state index < -0.39 is 6.43 Å². The van der Waals surface area contributed by atoms with Crippen molar-refractivity contribution in [3.8, 4) is 23.3 Å². The zero-order chi connectivity index (χ0) is 46.9. The predicted molar refractivity (Wildman–Crippen MR) is 251 cm³/mol. The first-order valence-corrected chi connectivity index (χ1v) is 24.4. The first-order chi connectivity index (χ1) is 33.1. The van der Waals surface area contributed by atoms with Gasteiger partial charge in [-0.2, -0.15) is 10.4 Å². The average molecular weight is 949 g/mol. The van der Waals surface area contributed by atoms with Crippen LogP contribution in [0.1, 0.15) is 116 Å². The van der Waals surface area contributed by atoms with Gasteiger partial charge in [-0.15, -0.1) is 10.2 Å². The maximum atomic E-state index is 14.6. The number of nitrogens with zero attached hydrogens (tertiary/aromatic N) is 10. The molecule has 5 aliphatic rings. The Kier molecular flexibility index (Phi) is 13.3. The summed E-state index contributed by atoms with van der Waals surface area (Å²) in [5, 5.41) is 26.8. The molecule has 4 aliphatic heterocycles. The first-order valence-electron chi connectivity index (χ1n) is 24.0. The fraction of sp³-hybridized carbons (Fsp3) is 0.500. The van der Waals surface area contributed by atoms with E-state index in [1.165, 1.54) is 12.5 Å². The number of carbonyl (C=O) groups is 2. The Morgan fingerprint density at radius 3 is 2.46 bits per heavy atom. The van der Waals surface area contributed by atoms with Crippen LogP contribution in [0.4, 0.5) is 26.1 Å². The summed E-state index contributed by atoms with van der Waals surface area (Å²) >= 11 is 6.17. The number of hydrogen-bond acceptors (Lipinski definition) is 12. The number of amides is 2. The van der Waals surface area contributed by atoms with Gasteiger partial charge in [0.25, 0.3) is 12.3 Å². The molecule has 1 N–H and O–H groups in total. The summed E-state index contributed by atoms with van der Waals surface area (Å²) in [5.74, 6) is 2.73. The lowest BCUT2D eigenvalue weighted by atomic mass is 9.92. The number of likely N-dealkylation sites (tertiary alicyclic amines) is 1. The van der Waals surface area contributed by atoms with Crippen LogP contribution >= 0.6 is 11.6 Å². The van der Waals surface area contributed by atoms with Crippen LogP contribution in [0.3, 0.4) is 0 Å². The van der Waals surface area contributed by atoms with Gasteiger partial charge < -0.3 is 34.1 Å². The summed E-state index contributed by atoms with van der Waals surface area (Å²) < 4.78 is 43.0. The van der Waals surface area contributed by atoms with Crippen molar-refractivity contribution in [3.05, 3.63) is 93.6 Å². The molecule has 18 heteroatoms. The van der Waals surface area contributed by atoms with Crippen LogP contribution in [-0.4, -0.2) is 105 Å². The molecule has 2 aromatic carbocycles. The lowest BCUT2D eigenvalue weighted by Crippen LogP contribution is -2.42. The topological polar surface area (TPSA) is 162 Å². The highest BCUT2D eigenvalue weighted by atomic mass is 35.5. The number of nitriles is 1. The van der Waals surface area contributed by atoms with Gasteiger partial charge in [-0.3, -0.25) is 14.3 Å². The van der Waals surface area contributed by atoms with Crippen molar-refractivity contribution in [2.75, 3.05) is 55.6 Å². The van der Waals surface area contributed by atoms with E-state index in [0.717, 1.165) is 131 Å². The standard InChI is InChI=1S/C50H56ClF2N11O4/c1-31(65)62-23-16-44-41(30-62)48(63-18-2-3-33-25-40(50-55-17-24-67-50)39(47(52)53)27-45(33)63)59-64(44)36-14-19-60(20-15-36)29-32-12-21-61(22-13-32)46-11-10-43(57-58-46)49(66)56-35-5-8-37(9-6-35)68-38-7-4-34(28-54)42(51)26-38/h4,7,10-11,17,24-27,32,35-37,47H,2-3,5-6,8-9,12-16,18-23,29-30H2,1H3,(H,56,66). The van der Waals surface area contributed by atoms with E-state index in [9.17, 15) is 18.4 Å². The molecule has 0 spiro atoms. The van der Waals surface area contributed by atoms with E-state index >= 15 is 0 Å². The van der Waals surface area contributed by atoms with Crippen LogP contribution in [0.25, 0.3) is 11.5 Å². The van der Waals surface area contributed by atoms with Gasteiger partial charge >= 0.3 is 0 Å². The summed E-state index contributed by atoms with van der Waals surface area (Å²) in [6.45, 7) is 8.02. The smallest absolute Gasteiger partial charge is 0.272 e. The van der Waals surface area contributed by atoms with E-state index in [2.05, 4.69) is 45.9 Å². The Balaban J connectivity index is 0.720. The molecule has 2 amide bonds. The second-order valence-corrected chi connectivity index (χ2v) is 19.3. The van der Waals surface area contributed by atoms with Crippen molar-refractivity contribution in [1.82, 2.24) is 40.1 Å². The van der Waals surface area contributed by atoms with E-state index in [1.807, 2.05) is 11.0 Å². The highest BCUT2D eigenvalue weighted by Crippen LogP contribution is 2.44. The number of fused-ring (bicyclic) bond motifs is 2. The molecule has 10 rings (SSSR count). The number of halogens is 3. The number of alkyl halides is 2.